The first-order chi connectivity index (χ1) is 11.8. The Kier molecular flexibility index (Phi) is 3.83. The second-order valence-corrected chi connectivity index (χ2v) is 9.41. The van der Waals surface area contributed by atoms with Crippen molar-refractivity contribution >= 4 is 11.6 Å². The van der Waals surface area contributed by atoms with Crippen LogP contribution in [0.1, 0.15) is 65.2 Å². The second kappa shape index (κ2) is 5.50. The summed E-state index contributed by atoms with van der Waals surface area (Å²) in [7, 11) is 0. The number of ketones is 2. The third-order valence-electron chi connectivity index (χ3n) is 8.72. The third kappa shape index (κ3) is 2.13. The van der Waals surface area contributed by atoms with E-state index in [0.717, 1.165) is 38.5 Å². The van der Waals surface area contributed by atoms with Gasteiger partial charge in [0, 0.05) is 11.8 Å². The van der Waals surface area contributed by atoms with Crippen LogP contribution in [0.5, 0.6) is 0 Å². The minimum absolute atomic E-state index is 0.111. The topological polar surface area (TPSA) is 74.6 Å². The number of allylic oxidation sites excluding steroid dienone is 1. The molecule has 3 fully saturated rings. The number of hydrogen-bond donors (Lipinski definition) is 2. The van der Waals surface area contributed by atoms with Crippen LogP contribution in [0.3, 0.4) is 0 Å². The molecule has 0 aliphatic heterocycles. The lowest BCUT2D eigenvalue weighted by Crippen LogP contribution is -2.58. The van der Waals surface area contributed by atoms with Crippen molar-refractivity contribution in [3.05, 3.63) is 11.6 Å². The molecule has 0 unspecified atom stereocenters. The van der Waals surface area contributed by atoms with Crippen LogP contribution in [0.4, 0.5) is 0 Å². The monoisotopic (exact) mass is 346 g/mol. The Morgan fingerprint density at radius 1 is 1.12 bits per heavy atom. The lowest BCUT2D eigenvalue weighted by atomic mass is 9.46. The SMILES string of the molecule is C[C@]12CCC(=O)C=C1CC[C@H]1[C@H]3CC[C@](O)(C(=O)CO)[C@@]3(C)CC[C@@H]12. The second-order valence-electron chi connectivity index (χ2n) is 9.41. The number of carbonyl (C=O) groups is 2. The van der Waals surface area contributed by atoms with E-state index in [2.05, 4.69) is 13.8 Å². The highest BCUT2D eigenvalue weighted by molar-refractivity contribution is 5.91. The Morgan fingerprint density at radius 3 is 2.56 bits per heavy atom. The molecule has 0 spiro atoms. The predicted octanol–water partition coefficient (Wildman–Crippen LogP) is 2.81. The molecule has 4 aliphatic carbocycles. The van der Waals surface area contributed by atoms with Crippen molar-refractivity contribution < 1.29 is 19.8 Å². The van der Waals surface area contributed by atoms with Crippen molar-refractivity contribution in [2.75, 3.05) is 6.61 Å². The molecule has 3 saturated carbocycles. The normalized spacial score (nSPS) is 49.0. The van der Waals surface area contributed by atoms with Gasteiger partial charge in [0.25, 0.3) is 0 Å². The molecule has 0 heterocycles. The highest BCUT2D eigenvalue weighted by atomic mass is 16.3. The van der Waals surface area contributed by atoms with Crippen LogP contribution in [0, 0.1) is 28.6 Å². The quantitative estimate of drug-likeness (QED) is 0.806. The van der Waals surface area contributed by atoms with Gasteiger partial charge in [0.2, 0.25) is 0 Å². The molecule has 0 aromatic carbocycles. The summed E-state index contributed by atoms with van der Waals surface area (Å²) in [5.41, 5.74) is -0.333. The van der Waals surface area contributed by atoms with Crippen molar-refractivity contribution in [1.29, 1.82) is 0 Å². The van der Waals surface area contributed by atoms with E-state index in [1.54, 1.807) is 0 Å². The molecule has 25 heavy (non-hydrogen) atoms. The average molecular weight is 346 g/mol. The maximum Gasteiger partial charge on any atom is 0.190 e. The zero-order valence-corrected chi connectivity index (χ0v) is 15.4. The largest absolute Gasteiger partial charge is 0.388 e. The summed E-state index contributed by atoms with van der Waals surface area (Å²) < 4.78 is 0. The smallest absolute Gasteiger partial charge is 0.190 e. The van der Waals surface area contributed by atoms with Gasteiger partial charge >= 0.3 is 0 Å². The van der Waals surface area contributed by atoms with Crippen molar-refractivity contribution in [3.63, 3.8) is 0 Å². The Bertz CT molecular complexity index is 652. The third-order valence-corrected chi connectivity index (χ3v) is 8.72. The fourth-order valence-electron chi connectivity index (χ4n) is 7.16. The van der Waals surface area contributed by atoms with Crippen LogP contribution < -0.4 is 0 Å². The van der Waals surface area contributed by atoms with E-state index in [9.17, 15) is 19.8 Å². The first-order valence-corrected chi connectivity index (χ1v) is 9.87. The molecular formula is C21H30O4. The van der Waals surface area contributed by atoms with Crippen molar-refractivity contribution in [1.82, 2.24) is 0 Å². The van der Waals surface area contributed by atoms with Gasteiger partial charge in [0.15, 0.2) is 11.6 Å². The zero-order valence-electron chi connectivity index (χ0n) is 15.4. The zero-order chi connectivity index (χ0) is 18.0. The van der Waals surface area contributed by atoms with Crippen LogP contribution in [0.2, 0.25) is 0 Å². The maximum absolute atomic E-state index is 12.3. The van der Waals surface area contributed by atoms with Gasteiger partial charge < -0.3 is 10.2 Å². The molecular weight excluding hydrogens is 316 g/mol. The number of Topliss-reactive ketones (excluding diaryl/α,β-unsaturated/α-hetero) is 1. The van der Waals surface area contributed by atoms with Gasteiger partial charge in [-0.2, -0.15) is 0 Å². The number of hydrogen-bond acceptors (Lipinski definition) is 4. The molecule has 138 valence electrons. The Balaban J connectivity index is 1.68. The van der Waals surface area contributed by atoms with Crippen molar-refractivity contribution in [3.8, 4) is 0 Å². The minimum Gasteiger partial charge on any atom is -0.388 e. The average Bonchev–Trinajstić information content (AvgIpc) is 2.87. The number of rotatable bonds is 2. The molecule has 6 atom stereocenters. The van der Waals surface area contributed by atoms with Gasteiger partial charge in [-0.25, -0.2) is 0 Å². The van der Waals surface area contributed by atoms with Crippen LogP contribution in [-0.2, 0) is 9.59 Å². The molecule has 0 aromatic rings. The summed E-state index contributed by atoms with van der Waals surface area (Å²) >= 11 is 0. The van der Waals surface area contributed by atoms with Crippen LogP contribution in [0.25, 0.3) is 0 Å². The standard InChI is InChI=1S/C21H30O4/c1-19-8-5-14(23)11-13(19)3-4-15-16(19)6-9-20(2)17(15)7-10-21(20,25)18(24)12-22/h11,15-17,22,25H,3-10,12H2,1-2H3/t15-,16+,17-,19+,20+,21+/m1/s1. The highest BCUT2D eigenvalue weighted by Crippen LogP contribution is 2.67. The molecule has 0 amide bonds. The number of carbonyl (C=O) groups excluding carboxylic acids is 2. The van der Waals surface area contributed by atoms with Gasteiger partial charge in [0.1, 0.15) is 12.2 Å². The molecule has 4 rings (SSSR count). The highest BCUT2D eigenvalue weighted by Gasteiger charge is 2.65. The molecule has 4 heteroatoms. The van der Waals surface area contributed by atoms with Gasteiger partial charge in [-0.3, -0.25) is 9.59 Å². The van der Waals surface area contributed by atoms with E-state index < -0.39 is 23.4 Å². The Labute approximate surface area is 149 Å². The molecule has 4 nitrogen and oxygen atoms in total. The van der Waals surface area contributed by atoms with Gasteiger partial charge in [-0.15, -0.1) is 0 Å². The van der Waals surface area contributed by atoms with Gasteiger partial charge in [-0.05, 0) is 74.2 Å². The molecule has 4 aliphatic rings. The van der Waals surface area contributed by atoms with Gasteiger partial charge in [0.05, 0.1) is 0 Å². The van der Waals surface area contributed by atoms with E-state index in [0.29, 0.717) is 30.6 Å². The summed E-state index contributed by atoms with van der Waals surface area (Å²) in [5, 5.41) is 20.5. The molecule has 0 bridgehead atoms. The van der Waals surface area contributed by atoms with E-state index in [4.69, 9.17) is 0 Å². The molecule has 0 saturated heterocycles. The fourth-order valence-corrected chi connectivity index (χ4v) is 7.16. The number of fused-ring (bicyclic) bond motifs is 5. The van der Waals surface area contributed by atoms with Crippen molar-refractivity contribution in [2.24, 2.45) is 28.6 Å². The summed E-state index contributed by atoms with van der Waals surface area (Å²) in [6.07, 6.45) is 8.72. The number of aliphatic hydroxyl groups excluding tert-OH is 1. The fraction of sp³-hybridized carbons (Fsp3) is 0.810. The summed E-state index contributed by atoms with van der Waals surface area (Å²) in [6.45, 7) is 3.84. The predicted molar refractivity (Wildman–Crippen MR) is 93.8 cm³/mol. The molecule has 0 radical (unpaired) electrons. The van der Waals surface area contributed by atoms with E-state index in [1.807, 2.05) is 6.08 Å². The Hall–Kier alpha value is -1.00. The molecule has 0 aromatic heterocycles. The first-order valence-electron chi connectivity index (χ1n) is 9.87. The van der Waals surface area contributed by atoms with Crippen LogP contribution in [0.15, 0.2) is 11.6 Å². The lowest BCUT2D eigenvalue weighted by molar-refractivity contribution is -0.164. The maximum atomic E-state index is 12.3. The summed E-state index contributed by atoms with van der Waals surface area (Å²) in [4.78, 5) is 24.2. The van der Waals surface area contributed by atoms with Crippen LogP contribution in [-0.4, -0.2) is 34.0 Å². The summed E-state index contributed by atoms with van der Waals surface area (Å²) in [6, 6.07) is 0. The van der Waals surface area contributed by atoms with E-state index in [1.165, 1.54) is 5.57 Å². The Morgan fingerprint density at radius 2 is 1.84 bits per heavy atom. The minimum atomic E-state index is -1.36. The van der Waals surface area contributed by atoms with E-state index in [-0.39, 0.29) is 11.2 Å². The van der Waals surface area contributed by atoms with Crippen molar-refractivity contribution in [2.45, 2.75) is 70.8 Å². The number of aliphatic hydroxyl groups is 2. The first kappa shape index (κ1) is 17.4. The van der Waals surface area contributed by atoms with Crippen LogP contribution >= 0.6 is 0 Å². The summed E-state index contributed by atoms with van der Waals surface area (Å²) in [5.74, 6) is 1.26. The van der Waals surface area contributed by atoms with E-state index >= 15 is 0 Å². The lowest BCUT2D eigenvalue weighted by Gasteiger charge is -2.58. The van der Waals surface area contributed by atoms with Gasteiger partial charge in [-0.1, -0.05) is 19.4 Å². The molecule has 2 N–H and O–H groups in total.